The minimum atomic E-state index is -3.75. The zero-order valence-electron chi connectivity index (χ0n) is 15.8. The highest BCUT2D eigenvalue weighted by molar-refractivity contribution is 7.90. The van der Waals surface area contributed by atoms with Crippen molar-refractivity contribution in [2.24, 2.45) is 17.6 Å². The Kier molecular flexibility index (Phi) is 3.33. The first-order valence-corrected chi connectivity index (χ1v) is 11.2. The predicted octanol–water partition coefficient (Wildman–Crippen LogP) is 2.08. The van der Waals surface area contributed by atoms with Gasteiger partial charge in [0.1, 0.15) is 5.82 Å². The summed E-state index contributed by atoms with van der Waals surface area (Å²) in [6.45, 7) is 1.92. The van der Waals surface area contributed by atoms with E-state index in [0.29, 0.717) is 28.6 Å². The average molecular weight is 408 g/mol. The van der Waals surface area contributed by atoms with Gasteiger partial charge in [0.2, 0.25) is 0 Å². The number of hydrogen-bond acceptors (Lipinski definition) is 6. The summed E-state index contributed by atoms with van der Waals surface area (Å²) in [5.74, 6) is 2.25. The third-order valence-electron chi connectivity index (χ3n) is 6.46. The number of rotatable bonds is 3. The third kappa shape index (κ3) is 2.34. The molecule has 0 saturated heterocycles. The smallest absolute Gasteiger partial charge is 0.269 e. The van der Waals surface area contributed by atoms with Gasteiger partial charge in [0.15, 0.2) is 11.3 Å². The number of nitrogens with two attached hydrogens (primary N) is 1. The van der Waals surface area contributed by atoms with Gasteiger partial charge in [0, 0.05) is 18.2 Å². The van der Waals surface area contributed by atoms with Gasteiger partial charge in [0.05, 0.1) is 16.6 Å². The van der Waals surface area contributed by atoms with Gasteiger partial charge in [-0.05, 0) is 49.8 Å². The molecule has 0 aliphatic heterocycles. The highest BCUT2D eigenvalue weighted by atomic mass is 32.2. The van der Waals surface area contributed by atoms with Crippen molar-refractivity contribution >= 4 is 26.8 Å². The van der Waals surface area contributed by atoms with E-state index in [1.807, 2.05) is 11.3 Å². The van der Waals surface area contributed by atoms with E-state index in [1.54, 1.807) is 42.7 Å². The van der Waals surface area contributed by atoms with Crippen molar-refractivity contribution in [2.75, 3.05) is 0 Å². The molecule has 2 aliphatic carbocycles. The summed E-state index contributed by atoms with van der Waals surface area (Å²) in [6.07, 6.45) is 5.16. The number of nitrogens with zero attached hydrogens (tertiary/aromatic N) is 5. The summed E-state index contributed by atoms with van der Waals surface area (Å²) in [6, 6.07) is 8.79. The molecular weight excluding hydrogens is 388 g/mol. The van der Waals surface area contributed by atoms with Gasteiger partial charge in [-0.15, -0.1) is 10.2 Å². The van der Waals surface area contributed by atoms with Crippen LogP contribution in [-0.4, -0.2) is 38.0 Å². The molecule has 6 rings (SSSR count). The van der Waals surface area contributed by atoms with Crippen molar-refractivity contribution in [1.82, 2.24) is 23.6 Å². The maximum atomic E-state index is 13.2. The summed E-state index contributed by atoms with van der Waals surface area (Å²) >= 11 is 0. The zero-order valence-corrected chi connectivity index (χ0v) is 16.6. The fourth-order valence-electron chi connectivity index (χ4n) is 4.84. The van der Waals surface area contributed by atoms with Gasteiger partial charge in [-0.2, -0.15) is 0 Å². The molecular formula is C20H20N6O2S. The molecule has 0 spiro atoms. The SMILES string of the molecule is Cc1ccc(S(=O)(=O)n2ccc3c2ncc2nnc([C@H]4C[C@@H](N)[C@H]5C[C@H]54)n23)cc1. The molecule has 2 aliphatic rings. The molecule has 3 heterocycles. The second kappa shape index (κ2) is 5.64. The quantitative estimate of drug-likeness (QED) is 0.556. The van der Waals surface area contributed by atoms with E-state index in [2.05, 4.69) is 15.2 Å². The molecule has 9 heteroatoms. The minimum absolute atomic E-state index is 0.209. The standard InChI is InChI=1S/C20H20N6O2S/c1-11-2-4-12(5-3-11)29(27,28)25-7-6-17-20(25)22-10-18-23-24-19(26(17)18)15-9-16(21)14-8-13(14)15/h2-7,10,13-16H,8-9,21H2,1H3/t13-,14+,15+,16-/m1/s1. The van der Waals surface area contributed by atoms with Crippen LogP contribution in [0.4, 0.5) is 0 Å². The van der Waals surface area contributed by atoms with Crippen LogP contribution in [0.25, 0.3) is 16.8 Å². The molecule has 2 N–H and O–H groups in total. The molecule has 0 amide bonds. The lowest BCUT2D eigenvalue weighted by atomic mass is 10.0. The first-order valence-electron chi connectivity index (χ1n) is 9.74. The molecule has 2 fully saturated rings. The van der Waals surface area contributed by atoms with Gasteiger partial charge < -0.3 is 5.73 Å². The molecule has 2 saturated carbocycles. The molecule has 29 heavy (non-hydrogen) atoms. The van der Waals surface area contributed by atoms with Crippen LogP contribution in [0.5, 0.6) is 0 Å². The number of aryl methyl sites for hydroxylation is 1. The number of aromatic nitrogens is 5. The Hall–Kier alpha value is -2.78. The fourth-order valence-corrected chi connectivity index (χ4v) is 6.14. The summed E-state index contributed by atoms with van der Waals surface area (Å²) < 4.78 is 29.6. The molecule has 4 atom stereocenters. The summed E-state index contributed by atoms with van der Waals surface area (Å²) in [4.78, 5) is 4.63. The topological polar surface area (TPSA) is 108 Å². The normalized spacial score (nSPS) is 26.3. The van der Waals surface area contributed by atoms with Gasteiger partial charge >= 0.3 is 0 Å². The number of hydrogen-bond donors (Lipinski definition) is 1. The van der Waals surface area contributed by atoms with Gasteiger partial charge in [-0.25, -0.2) is 17.4 Å². The zero-order chi connectivity index (χ0) is 19.9. The van der Waals surface area contributed by atoms with Crippen molar-refractivity contribution in [1.29, 1.82) is 0 Å². The monoisotopic (exact) mass is 408 g/mol. The van der Waals surface area contributed by atoms with Crippen molar-refractivity contribution in [2.45, 2.75) is 36.6 Å². The molecule has 3 aromatic heterocycles. The van der Waals surface area contributed by atoms with Gasteiger partial charge in [-0.1, -0.05) is 17.7 Å². The largest absolute Gasteiger partial charge is 0.327 e. The molecule has 1 aromatic carbocycles. The Morgan fingerprint density at radius 2 is 1.86 bits per heavy atom. The molecule has 0 bridgehead atoms. The Morgan fingerprint density at radius 3 is 2.55 bits per heavy atom. The number of fused-ring (bicyclic) bond motifs is 4. The van der Waals surface area contributed by atoms with Gasteiger partial charge in [-0.3, -0.25) is 4.40 Å². The highest BCUT2D eigenvalue weighted by Gasteiger charge is 2.54. The molecule has 4 aromatic rings. The van der Waals surface area contributed by atoms with E-state index in [-0.39, 0.29) is 16.9 Å². The van der Waals surface area contributed by atoms with E-state index in [0.717, 1.165) is 24.2 Å². The second-order valence-electron chi connectivity index (χ2n) is 8.22. The highest BCUT2D eigenvalue weighted by Crippen LogP contribution is 2.58. The van der Waals surface area contributed by atoms with Crippen molar-refractivity contribution in [3.63, 3.8) is 0 Å². The average Bonchev–Trinajstić information content (AvgIpc) is 3.04. The summed E-state index contributed by atoms with van der Waals surface area (Å²) in [7, 11) is -3.75. The lowest BCUT2D eigenvalue weighted by Gasteiger charge is -2.12. The molecule has 0 radical (unpaired) electrons. The van der Waals surface area contributed by atoms with Crippen LogP contribution in [0.1, 0.15) is 30.1 Å². The number of benzene rings is 1. The van der Waals surface area contributed by atoms with Crippen LogP contribution < -0.4 is 5.73 Å². The Morgan fingerprint density at radius 1 is 1.07 bits per heavy atom. The van der Waals surface area contributed by atoms with Crippen molar-refractivity contribution in [3.8, 4) is 0 Å². The third-order valence-corrected chi connectivity index (χ3v) is 8.14. The van der Waals surface area contributed by atoms with E-state index in [9.17, 15) is 8.42 Å². The Labute approximate surface area is 167 Å². The van der Waals surface area contributed by atoms with Crippen molar-refractivity contribution in [3.05, 3.63) is 54.1 Å². The lowest BCUT2D eigenvalue weighted by molar-refractivity contribution is 0.548. The van der Waals surface area contributed by atoms with E-state index in [1.165, 1.54) is 3.97 Å². The first kappa shape index (κ1) is 17.1. The van der Waals surface area contributed by atoms with E-state index < -0.39 is 10.0 Å². The van der Waals surface area contributed by atoms with Crippen LogP contribution in [0.15, 0.2) is 47.6 Å². The molecule has 8 nitrogen and oxygen atoms in total. The maximum Gasteiger partial charge on any atom is 0.269 e. The maximum absolute atomic E-state index is 13.2. The van der Waals surface area contributed by atoms with Crippen LogP contribution in [0.2, 0.25) is 0 Å². The van der Waals surface area contributed by atoms with E-state index in [4.69, 9.17) is 5.73 Å². The first-order chi connectivity index (χ1) is 13.9. The summed E-state index contributed by atoms with van der Waals surface area (Å²) in [5, 5.41) is 8.72. The van der Waals surface area contributed by atoms with Crippen LogP contribution in [0.3, 0.4) is 0 Å². The Bertz CT molecular complexity index is 1370. The molecule has 148 valence electrons. The van der Waals surface area contributed by atoms with Gasteiger partial charge in [0.25, 0.3) is 10.0 Å². The van der Waals surface area contributed by atoms with Crippen LogP contribution >= 0.6 is 0 Å². The minimum Gasteiger partial charge on any atom is -0.327 e. The predicted molar refractivity (Wildman–Crippen MR) is 107 cm³/mol. The molecule has 0 unspecified atom stereocenters. The second-order valence-corrected chi connectivity index (χ2v) is 10.0. The Balaban J connectivity index is 1.53. The fraction of sp³-hybridized carbons (Fsp3) is 0.350. The van der Waals surface area contributed by atoms with Crippen LogP contribution in [0, 0.1) is 18.8 Å². The lowest BCUT2D eigenvalue weighted by Crippen LogP contribution is -2.20. The van der Waals surface area contributed by atoms with Crippen molar-refractivity contribution < 1.29 is 8.42 Å². The van der Waals surface area contributed by atoms with Crippen LogP contribution in [-0.2, 0) is 10.0 Å². The van der Waals surface area contributed by atoms with E-state index >= 15 is 0 Å². The summed E-state index contributed by atoms with van der Waals surface area (Å²) in [5.41, 5.74) is 8.94.